The summed E-state index contributed by atoms with van der Waals surface area (Å²) in [6.45, 7) is 13.8. The van der Waals surface area contributed by atoms with Gasteiger partial charge in [-0.1, -0.05) is 23.8 Å². The molecule has 3 unspecified atom stereocenters. The second-order valence-corrected chi connectivity index (χ2v) is 8.56. The summed E-state index contributed by atoms with van der Waals surface area (Å²) in [5.41, 5.74) is 6.19. The Morgan fingerprint density at radius 2 is 1.71 bits per heavy atom. The van der Waals surface area contributed by atoms with Crippen LogP contribution in [-0.4, -0.2) is 11.1 Å². The van der Waals surface area contributed by atoms with Gasteiger partial charge in [-0.05, 0) is 88.7 Å². The highest BCUT2D eigenvalue weighted by molar-refractivity contribution is 5.49. The lowest BCUT2D eigenvalue weighted by Crippen LogP contribution is -2.64. The van der Waals surface area contributed by atoms with Crippen molar-refractivity contribution >= 4 is 0 Å². The minimum absolute atomic E-state index is 0.0305. The second-order valence-electron chi connectivity index (χ2n) is 8.56. The van der Waals surface area contributed by atoms with Crippen molar-refractivity contribution in [1.29, 1.82) is 0 Å². The topological polar surface area (TPSA) is 12.0 Å². The molecule has 0 aromatic carbocycles. The summed E-state index contributed by atoms with van der Waals surface area (Å²) in [5, 5.41) is 4.13. The Balaban J connectivity index is 1.70. The van der Waals surface area contributed by atoms with Gasteiger partial charge in [-0.2, -0.15) is 0 Å². The van der Waals surface area contributed by atoms with Gasteiger partial charge in [0.05, 0.1) is 5.54 Å². The van der Waals surface area contributed by atoms with E-state index in [9.17, 15) is 0 Å². The highest BCUT2D eigenvalue weighted by Gasteiger charge is 2.55. The third-order valence-electron chi connectivity index (χ3n) is 7.22. The lowest BCUT2D eigenvalue weighted by atomic mass is 9.50. The molecular weight excluding hydrogens is 254 g/mol. The van der Waals surface area contributed by atoms with Gasteiger partial charge in [0, 0.05) is 5.54 Å². The first-order valence-electron chi connectivity index (χ1n) is 8.69. The fourth-order valence-corrected chi connectivity index (χ4v) is 6.05. The van der Waals surface area contributed by atoms with E-state index in [1.54, 1.807) is 0 Å². The largest absolute Gasteiger partial charge is 0.295 e. The van der Waals surface area contributed by atoms with Crippen LogP contribution >= 0.6 is 0 Å². The van der Waals surface area contributed by atoms with Gasteiger partial charge < -0.3 is 0 Å². The molecule has 114 valence electrons. The zero-order chi connectivity index (χ0) is 15.0. The molecule has 4 saturated carbocycles. The van der Waals surface area contributed by atoms with E-state index >= 15 is 0 Å². The van der Waals surface area contributed by atoms with Crippen molar-refractivity contribution < 1.29 is 0 Å². The van der Waals surface area contributed by atoms with Crippen LogP contribution in [0.4, 0.5) is 0 Å². The Bertz CT molecular complexity index is 565. The van der Waals surface area contributed by atoms with Crippen molar-refractivity contribution in [2.45, 2.75) is 70.9 Å². The van der Waals surface area contributed by atoms with E-state index in [0.29, 0.717) is 0 Å². The molecule has 0 heterocycles. The molecule has 5 aliphatic carbocycles. The predicted molar refractivity (Wildman–Crippen MR) is 89.1 cm³/mol. The van der Waals surface area contributed by atoms with Gasteiger partial charge in [0.1, 0.15) is 0 Å². The van der Waals surface area contributed by atoms with E-state index in [1.165, 1.54) is 54.4 Å². The average molecular weight is 283 g/mol. The van der Waals surface area contributed by atoms with Crippen LogP contribution in [0.2, 0.25) is 0 Å². The molecule has 4 bridgehead atoms. The van der Waals surface area contributed by atoms with Crippen molar-refractivity contribution in [3.05, 3.63) is 34.9 Å². The summed E-state index contributed by atoms with van der Waals surface area (Å²) in [6.07, 6.45) is 9.41. The minimum atomic E-state index is 0.0305. The van der Waals surface area contributed by atoms with Gasteiger partial charge in [-0.15, -0.1) is 0 Å². The molecule has 0 amide bonds. The Kier molecular flexibility index (Phi) is 2.72. The monoisotopic (exact) mass is 283 g/mol. The predicted octanol–water partition coefficient (Wildman–Crippen LogP) is 4.77. The zero-order valence-electron chi connectivity index (χ0n) is 14.1. The Morgan fingerprint density at radius 3 is 2.24 bits per heavy atom. The summed E-state index contributed by atoms with van der Waals surface area (Å²) in [4.78, 5) is 0. The number of hydrogen-bond acceptors (Lipinski definition) is 1. The van der Waals surface area contributed by atoms with Gasteiger partial charge in [-0.25, -0.2) is 0 Å². The normalized spacial score (nSPS) is 48.3. The van der Waals surface area contributed by atoms with Gasteiger partial charge >= 0.3 is 0 Å². The van der Waals surface area contributed by atoms with Crippen molar-refractivity contribution in [3.8, 4) is 0 Å². The minimum Gasteiger partial charge on any atom is -0.295 e. The first-order chi connectivity index (χ1) is 9.83. The van der Waals surface area contributed by atoms with Crippen LogP contribution in [0.1, 0.15) is 59.8 Å². The van der Waals surface area contributed by atoms with Crippen LogP contribution in [0.25, 0.3) is 0 Å². The van der Waals surface area contributed by atoms with E-state index in [-0.39, 0.29) is 11.1 Å². The van der Waals surface area contributed by atoms with Gasteiger partial charge in [0.25, 0.3) is 0 Å². The zero-order valence-corrected chi connectivity index (χ0v) is 14.1. The second kappa shape index (κ2) is 4.13. The van der Waals surface area contributed by atoms with E-state index in [2.05, 4.69) is 45.7 Å². The summed E-state index contributed by atoms with van der Waals surface area (Å²) < 4.78 is 0. The van der Waals surface area contributed by atoms with Crippen LogP contribution in [0, 0.1) is 17.8 Å². The summed E-state index contributed by atoms with van der Waals surface area (Å²) in [5.74, 6) is 2.69. The summed E-state index contributed by atoms with van der Waals surface area (Å²) in [7, 11) is 0. The van der Waals surface area contributed by atoms with Gasteiger partial charge in [0.2, 0.25) is 0 Å². The molecule has 0 aromatic rings. The number of nitrogens with one attached hydrogen (secondary N) is 1. The molecule has 3 atom stereocenters. The maximum atomic E-state index is 4.56. The smallest absolute Gasteiger partial charge is 0.0566 e. The van der Waals surface area contributed by atoms with Crippen molar-refractivity contribution in [2.24, 2.45) is 17.8 Å². The van der Waals surface area contributed by atoms with E-state index in [1.807, 2.05) is 0 Å². The lowest BCUT2D eigenvalue weighted by molar-refractivity contribution is 0.0237. The maximum Gasteiger partial charge on any atom is 0.0566 e. The number of hydrogen-bond donors (Lipinski definition) is 1. The molecule has 4 fully saturated rings. The Labute approximate surface area is 129 Å². The van der Waals surface area contributed by atoms with Crippen molar-refractivity contribution in [2.75, 3.05) is 0 Å². The van der Waals surface area contributed by atoms with Crippen LogP contribution in [-0.2, 0) is 0 Å². The van der Waals surface area contributed by atoms with Crippen LogP contribution in [0.5, 0.6) is 0 Å². The molecule has 0 aromatic heterocycles. The fourth-order valence-electron chi connectivity index (χ4n) is 6.05. The molecule has 0 radical (unpaired) electrons. The van der Waals surface area contributed by atoms with Gasteiger partial charge in [-0.3, -0.25) is 5.32 Å². The molecule has 5 rings (SSSR count). The van der Waals surface area contributed by atoms with Crippen molar-refractivity contribution in [3.63, 3.8) is 0 Å². The van der Waals surface area contributed by atoms with E-state index < -0.39 is 0 Å². The molecule has 21 heavy (non-hydrogen) atoms. The number of rotatable bonds is 2. The van der Waals surface area contributed by atoms with E-state index in [4.69, 9.17) is 0 Å². The SMILES string of the molecule is C=C1C2CC3CC(C2)CC1(NC1(C)C=C(C)C(C)=C1C)C3. The highest BCUT2D eigenvalue weighted by atomic mass is 15.1. The first kappa shape index (κ1) is 13.8. The Hall–Kier alpha value is -0.820. The first-order valence-corrected chi connectivity index (χ1v) is 8.69. The quantitative estimate of drug-likeness (QED) is 0.720. The molecule has 1 heteroatoms. The Morgan fingerprint density at radius 1 is 1.10 bits per heavy atom. The van der Waals surface area contributed by atoms with E-state index in [0.717, 1.165) is 17.8 Å². The van der Waals surface area contributed by atoms with Gasteiger partial charge in [0.15, 0.2) is 0 Å². The molecule has 0 saturated heterocycles. The third-order valence-corrected chi connectivity index (χ3v) is 7.22. The molecule has 1 nitrogen and oxygen atoms in total. The highest BCUT2D eigenvalue weighted by Crippen LogP contribution is 2.58. The molecule has 0 spiro atoms. The maximum absolute atomic E-state index is 4.56. The third kappa shape index (κ3) is 1.79. The molecular formula is C20H29N. The average Bonchev–Trinajstić information content (AvgIpc) is 2.58. The fraction of sp³-hybridized carbons (Fsp3) is 0.700. The van der Waals surface area contributed by atoms with Crippen molar-refractivity contribution in [1.82, 2.24) is 5.32 Å². The number of allylic oxidation sites excluding steroid dienone is 2. The van der Waals surface area contributed by atoms with Crippen LogP contribution in [0.15, 0.2) is 34.9 Å². The van der Waals surface area contributed by atoms with Crippen LogP contribution < -0.4 is 5.32 Å². The standard InChI is InChI=1S/C20H29N/c1-12-9-19(5,14(3)13(12)2)21-20-10-16-6-17(11-20)8-18(7-16)15(20)4/h9,16-18,21H,4,6-8,10-11H2,1-3,5H3. The summed E-state index contributed by atoms with van der Waals surface area (Å²) in [6, 6.07) is 0. The molecule has 1 N–H and O–H groups in total. The molecule has 0 aliphatic heterocycles. The summed E-state index contributed by atoms with van der Waals surface area (Å²) >= 11 is 0. The van der Waals surface area contributed by atoms with Crippen LogP contribution in [0.3, 0.4) is 0 Å². The lowest BCUT2D eigenvalue weighted by Gasteiger charge is -2.60. The molecule has 5 aliphatic rings.